The molecule has 1 aromatic rings. The Morgan fingerprint density at radius 3 is 2.09 bits per heavy atom. The van der Waals surface area contributed by atoms with Gasteiger partial charge in [-0.25, -0.2) is 0 Å². The number of benzene rings is 1. The second-order valence-corrected chi connectivity index (χ2v) is 3.06. The summed E-state index contributed by atoms with van der Waals surface area (Å²) in [5, 5.41) is 0. The fraction of sp³-hybridized carbons (Fsp3) is 0.222. The summed E-state index contributed by atoms with van der Waals surface area (Å²) in [5.41, 5.74) is 2.46. The minimum atomic E-state index is 1.22. The van der Waals surface area contributed by atoms with Crippen LogP contribution in [-0.2, 0) is 17.9 Å². The van der Waals surface area contributed by atoms with Crippen molar-refractivity contribution in [3.63, 3.8) is 0 Å². The third-order valence-corrected chi connectivity index (χ3v) is 2.07. The first-order valence-corrected chi connectivity index (χ1v) is 4.37. The van der Waals surface area contributed by atoms with E-state index < -0.39 is 0 Å². The van der Waals surface area contributed by atoms with Gasteiger partial charge >= 0.3 is 77.0 Å². The zero-order chi connectivity index (χ0) is 8.27. The van der Waals surface area contributed by atoms with E-state index in [0.29, 0.717) is 0 Å². The fourth-order valence-electron chi connectivity index (χ4n) is 0.837. The summed E-state index contributed by atoms with van der Waals surface area (Å²) in [5.74, 6) is 0. The van der Waals surface area contributed by atoms with Gasteiger partial charge in [0.1, 0.15) is 0 Å². The number of hydrogen-bond donors (Lipinski definition) is 0. The molecule has 0 bridgehead atoms. The molecule has 0 N–H and O–H groups in total. The van der Waals surface area contributed by atoms with E-state index in [1.165, 1.54) is 11.3 Å². The predicted octanol–water partition coefficient (Wildman–Crippen LogP) is 1.45. The average Bonchev–Trinajstić information content (AvgIpc) is 2.05. The van der Waals surface area contributed by atoms with Gasteiger partial charge in [-0.05, 0) is 0 Å². The standard InChI is InChI=1S/C9H11N.Rh/c1-8-4-6-9(7-5-8)10(2)3;/h1,4-7H,2-3H3;. The van der Waals surface area contributed by atoms with Gasteiger partial charge in [-0.3, -0.25) is 0 Å². The predicted molar refractivity (Wildman–Crippen MR) is 45.9 cm³/mol. The Balaban J connectivity index is 2.91. The average molecular weight is 236 g/mol. The van der Waals surface area contributed by atoms with Crippen molar-refractivity contribution in [2.24, 2.45) is 0 Å². The number of anilines is 1. The third kappa shape index (κ3) is 2.23. The zero-order valence-electron chi connectivity index (χ0n) is 6.67. The van der Waals surface area contributed by atoms with Gasteiger partial charge in [0.2, 0.25) is 0 Å². The Bertz CT molecular complexity index is 238. The van der Waals surface area contributed by atoms with Crippen LogP contribution >= 0.6 is 0 Å². The number of nitrogens with zero attached hydrogens (tertiary/aromatic N) is 1. The molecular weight excluding hydrogens is 225 g/mol. The molecule has 0 spiro atoms. The SMILES string of the molecule is CN(C)c1ccc([CH]=[Rh])cc1. The third-order valence-electron chi connectivity index (χ3n) is 1.52. The van der Waals surface area contributed by atoms with Crippen molar-refractivity contribution in [2.45, 2.75) is 0 Å². The second kappa shape index (κ2) is 3.78. The molecule has 11 heavy (non-hydrogen) atoms. The zero-order valence-corrected chi connectivity index (χ0v) is 8.31. The van der Waals surface area contributed by atoms with Gasteiger partial charge in [0.05, 0.1) is 0 Å². The van der Waals surface area contributed by atoms with Gasteiger partial charge in [0.15, 0.2) is 0 Å². The Hall–Kier alpha value is -0.487. The molecule has 2 heteroatoms. The Labute approximate surface area is 77.2 Å². The summed E-state index contributed by atoms with van der Waals surface area (Å²) < 4.78 is 1.99. The minimum absolute atomic E-state index is 1.22. The first-order valence-electron chi connectivity index (χ1n) is 3.42. The summed E-state index contributed by atoms with van der Waals surface area (Å²) in [6.07, 6.45) is 0. The fourth-order valence-corrected chi connectivity index (χ4v) is 1.15. The normalized spacial score (nSPS) is 9.36. The molecule has 0 unspecified atom stereocenters. The van der Waals surface area contributed by atoms with Gasteiger partial charge in [0, 0.05) is 0 Å². The van der Waals surface area contributed by atoms with Crippen LogP contribution < -0.4 is 4.90 Å². The monoisotopic (exact) mass is 236 g/mol. The van der Waals surface area contributed by atoms with Gasteiger partial charge in [0.25, 0.3) is 0 Å². The molecule has 0 aliphatic heterocycles. The van der Waals surface area contributed by atoms with E-state index in [0.717, 1.165) is 0 Å². The molecule has 0 heterocycles. The van der Waals surface area contributed by atoms with Crippen molar-refractivity contribution in [3.8, 4) is 0 Å². The van der Waals surface area contributed by atoms with Gasteiger partial charge in [-0.2, -0.15) is 0 Å². The van der Waals surface area contributed by atoms with Gasteiger partial charge in [-0.1, -0.05) is 0 Å². The van der Waals surface area contributed by atoms with Crippen molar-refractivity contribution in [2.75, 3.05) is 19.0 Å². The molecule has 1 nitrogen and oxygen atoms in total. The summed E-state index contributed by atoms with van der Waals surface area (Å²) in [4.78, 5) is 2.09. The maximum atomic E-state index is 2.77. The second-order valence-electron chi connectivity index (χ2n) is 2.58. The van der Waals surface area contributed by atoms with Crippen molar-refractivity contribution < 1.29 is 17.9 Å². The van der Waals surface area contributed by atoms with Gasteiger partial charge in [-0.15, -0.1) is 0 Å². The summed E-state index contributed by atoms with van der Waals surface area (Å²) >= 11 is 2.77. The van der Waals surface area contributed by atoms with E-state index in [1.54, 1.807) is 0 Å². The molecule has 0 aliphatic rings. The molecule has 0 saturated carbocycles. The Kier molecular flexibility index (Phi) is 2.95. The molecule has 0 amide bonds. The molecule has 1 rings (SSSR count). The van der Waals surface area contributed by atoms with E-state index in [4.69, 9.17) is 0 Å². The van der Waals surface area contributed by atoms with Crippen LogP contribution in [0.5, 0.6) is 0 Å². The Morgan fingerprint density at radius 1 is 1.18 bits per heavy atom. The van der Waals surface area contributed by atoms with Gasteiger partial charge < -0.3 is 0 Å². The maximum absolute atomic E-state index is 2.77. The van der Waals surface area contributed by atoms with Crippen LogP contribution in [0.15, 0.2) is 24.3 Å². The van der Waals surface area contributed by atoms with Crippen LogP contribution in [0.2, 0.25) is 0 Å². The number of rotatable bonds is 2. The van der Waals surface area contributed by atoms with Crippen molar-refractivity contribution >= 4 is 10.3 Å². The van der Waals surface area contributed by atoms with E-state index in [-0.39, 0.29) is 0 Å². The first kappa shape index (κ1) is 8.61. The van der Waals surface area contributed by atoms with E-state index >= 15 is 0 Å². The summed E-state index contributed by atoms with van der Waals surface area (Å²) in [6, 6.07) is 8.39. The topological polar surface area (TPSA) is 3.24 Å². The molecule has 0 aromatic heterocycles. The molecule has 0 fully saturated rings. The van der Waals surface area contributed by atoms with Crippen LogP contribution in [0.25, 0.3) is 0 Å². The van der Waals surface area contributed by atoms with E-state index in [1.807, 2.05) is 18.7 Å². The van der Waals surface area contributed by atoms with Crippen LogP contribution in [0.1, 0.15) is 5.56 Å². The molecule has 0 radical (unpaired) electrons. The van der Waals surface area contributed by atoms with E-state index in [2.05, 4.69) is 47.0 Å². The molecule has 0 saturated heterocycles. The first-order chi connectivity index (χ1) is 5.24. The van der Waals surface area contributed by atoms with Crippen LogP contribution in [0, 0.1) is 0 Å². The quantitative estimate of drug-likeness (QED) is 0.702. The molecule has 0 atom stereocenters. The van der Waals surface area contributed by atoms with Crippen molar-refractivity contribution in [1.82, 2.24) is 0 Å². The molecular formula is C9H11NRh. The summed E-state index contributed by atoms with van der Waals surface area (Å²) in [6.45, 7) is 0. The van der Waals surface area contributed by atoms with Crippen LogP contribution in [0.3, 0.4) is 0 Å². The Morgan fingerprint density at radius 2 is 1.73 bits per heavy atom. The van der Waals surface area contributed by atoms with Crippen molar-refractivity contribution in [3.05, 3.63) is 29.8 Å². The van der Waals surface area contributed by atoms with Crippen molar-refractivity contribution in [1.29, 1.82) is 0 Å². The van der Waals surface area contributed by atoms with Crippen LogP contribution in [-0.4, -0.2) is 18.7 Å². The molecule has 1 aromatic carbocycles. The number of hydrogen-bond acceptors (Lipinski definition) is 1. The van der Waals surface area contributed by atoms with Crippen LogP contribution in [0.4, 0.5) is 5.69 Å². The van der Waals surface area contributed by atoms with E-state index in [9.17, 15) is 0 Å². The molecule has 0 aliphatic carbocycles. The summed E-state index contributed by atoms with van der Waals surface area (Å²) in [7, 11) is 4.08. The molecule has 61 valence electrons.